The lowest BCUT2D eigenvalue weighted by molar-refractivity contribution is -0.119. The number of rotatable bonds is 6. The zero-order chi connectivity index (χ0) is 18.4. The molecule has 1 unspecified atom stereocenters. The quantitative estimate of drug-likeness (QED) is 0.813. The van der Waals surface area contributed by atoms with Gasteiger partial charge in [0, 0.05) is 11.4 Å². The summed E-state index contributed by atoms with van der Waals surface area (Å²) in [6.07, 6.45) is 2.74. The first-order valence-electron chi connectivity index (χ1n) is 7.00. The van der Waals surface area contributed by atoms with Crippen LogP contribution in [0.25, 0.3) is 0 Å². The van der Waals surface area contributed by atoms with Gasteiger partial charge in [0.1, 0.15) is 18.7 Å². The van der Waals surface area contributed by atoms with Gasteiger partial charge >= 0.3 is 5.51 Å². The molecule has 1 atom stereocenters. The number of carbonyl (C=O) groups is 2. The number of anilines is 2. The smallest absolute Gasteiger partial charge is 0.325 e. The normalized spacial score (nSPS) is 12.5. The van der Waals surface area contributed by atoms with E-state index in [2.05, 4.69) is 20.7 Å². The molecule has 11 heteroatoms. The van der Waals surface area contributed by atoms with Gasteiger partial charge in [-0.25, -0.2) is 9.67 Å². The Morgan fingerprint density at radius 3 is 2.32 bits per heavy atom. The largest absolute Gasteiger partial charge is 0.442 e. The van der Waals surface area contributed by atoms with Crippen molar-refractivity contribution in [1.29, 1.82) is 0 Å². The van der Waals surface area contributed by atoms with Crippen LogP contribution in [0.2, 0.25) is 0 Å². The molecule has 0 saturated heterocycles. The summed E-state index contributed by atoms with van der Waals surface area (Å²) in [5.41, 5.74) is -3.65. The van der Waals surface area contributed by atoms with Gasteiger partial charge < -0.3 is 10.6 Å². The summed E-state index contributed by atoms with van der Waals surface area (Å²) < 4.78 is 37.5. The van der Waals surface area contributed by atoms with Crippen molar-refractivity contribution in [3.05, 3.63) is 36.9 Å². The van der Waals surface area contributed by atoms with Gasteiger partial charge in [-0.15, -0.1) is 0 Å². The van der Waals surface area contributed by atoms with Gasteiger partial charge in [-0.05, 0) is 43.0 Å². The van der Waals surface area contributed by atoms with Crippen LogP contribution in [0.15, 0.2) is 36.9 Å². The maximum Gasteiger partial charge on any atom is 0.442 e. The van der Waals surface area contributed by atoms with Crippen molar-refractivity contribution < 1.29 is 22.8 Å². The molecule has 0 aliphatic heterocycles. The van der Waals surface area contributed by atoms with E-state index >= 15 is 0 Å². The van der Waals surface area contributed by atoms with Gasteiger partial charge in [-0.1, -0.05) is 0 Å². The van der Waals surface area contributed by atoms with Gasteiger partial charge in [-0.2, -0.15) is 18.3 Å². The van der Waals surface area contributed by atoms with Crippen LogP contribution < -0.4 is 10.6 Å². The molecule has 2 aromatic rings. The van der Waals surface area contributed by atoms with Crippen LogP contribution in [-0.4, -0.2) is 37.8 Å². The number of amides is 2. The molecule has 1 heterocycles. The number of alkyl halides is 3. The summed E-state index contributed by atoms with van der Waals surface area (Å²) in [5.74, 6) is -1.81. The number of carbonyl (C=O) groups excluding carboxylic acids is 2. The molecule has 0 bridgehead atoms. The van der Waals surface area contributed by atoms with Gasteiger partial charge in [0.25, 0.3) is 0 Å². The molecule has 134 valence electrons. The number of aromatic nitrogens is 3. The molecule has 0 spiro atoms. The zero-order valence-corrected chi connectivity index (χ0v) is 13.8. The van der Waals surface area contributed by atoms with Gasteiger partial charge in [0.15, 0.2) is 0 Å². The minimum atomic E-state index is -4.45. The van der Waals surface area contributed by atoms with Crippen LogP contribution >= 0.6 is 11.8 Å². The summed E-state index contributed by atoms with van der Waals surface area (Å²) in [6.45, 7) is 1.65. The molecule has 7 nitrogen and oxygen atoms in total. The number of thioether (sulfide) groups is 1. The molecule has 0 aliphatic rings. The molecule has 2 amide bonds. The van der Waals surface area contributed by atoms with Gasteiger partial charge in [-0.3, -0.25) is 9.59 Å². The lowest BCUT2D eigenvalue weighted by Crippen LogP contribution is -2.24. The average molecular weight is 373 g/mol. The molecule has 0 radical (unpaired) electrons. The highest BCUT2D eigenvalue weighted by Crippen LogP contribution is 2.30. The number of hydrogen-bond donors (Lipinski definition) is 2. The summed E-state index contributed by atoms with van der Waals surface area (Å²) >= 11 is -0.408. The molecule has 2 N–H and O–H groups in total. The predicted molar refractivity (Wildman–Crippen MR) is 86.9 cm³/mol. The molecule has 0 saturated carbocycles. The van der Waals surface area contributed by atoms with Gasteiger partial charge in [0.05, 0.1) is 5.75 Å². The van der Waals surface area contributed by atoms with E-state index in [-0.39, 0.29) is 5.91 Å². The number of nitrogens with one attached hydrogen (secondary N) is 2. The SMILES string of the molecule is CC(C(=O)Nc1ccc(NC(=O)CSC(F)(F)F)cc1)n1cncn1. The first-order valence-corrected chi connectivity index (χ1v) is 7.99. The monoisotopic (exact) mass is 373 g/mol. The van der Waals surface area contributed by atoms with Crippen LogP contribution in [0, 0.1) is 0 Å². The van der Waals surface area contributed by atoms with Crippen molar-refractivity contribution >= 4 is 35.0 Å². The summed E-state index contributed by atoms with van der Waals surface area (Å²) in [7, 11) is 0. The maximum absolute atomic E-state index is 12.1. The number of halogens is 3. The van der Waals surface area contributed by atoms with Crippen LogP contribution in [0.3, 0.4) is 0 Å². The number of benzene rings is 1. The minimum absolute atomic E-state index is 0.316. The van der Waals surface area contributed by atoms with Gasteiger partial charge in [0.2, 0.25) is 11.8 Å². The molecule has 25 heavy (non-hydrogen) atoms. The zero-order valence-electron chi connectivity index (χ0n) is 12.9. The Labute approximate surface area is 145 Å². The third-order valence-electron chi connectivity index (χ3n) is 3.02. The van der Waals surface area contributed by atoms with Crippen LogP contribution in [-0.2, 0) is 9.59 Å². The fourth-order valence-electron chi connectivity index (χ4n) is 1.77. The van der Waals surface area contributed by atoms with Crippen molar-refractivity contribution in [2.24, 2.45) is 0 Å². The molecule has 1 aromatic carbocycles. The molecule has 1 aromatic heterocycles. The van der Waals surface area contributed by atoms with E-state index in [0.717, 1.165) is 0 Å². The van der Waals surface area contributed by atoms with Crippen LogP contribution in [0.4, 0.5) is 24.5 Å². The van der Waals surface area contributed by atoms with E-state index in [1.807, 2.05) is 0 Å². The van der Waals surface area contributed by atoms with E-state index in [0.29, 0.717) is 11.4 Å². The minimum Gasteiger partial charge on any atom is -0.325 e. The topological polar surface area (TPSA) is 88.9 Å². The lowest BCUT2D eigenvalue weighted by atomic mass is 10.2. The molecular formula is C14H14F3N5O2S. The molecular weight excluding hydrogens is 359 g/mol. The number of nitrogens with zero attached hydrogens (tertiary/aromatic N) is 3. The fourth-order valence-corrected chi connectivity index (χ4v) is 2.13. The Hall–Kier alpha value is -2.56. The van der Waals surface area contributed by atoms with E-state index in [1.165, 1.54) is 41.6 Å². The predicted octanol–water partition coefficient (Wildman–Crippen LogP) is 2.67. The second-order valence-electron chi connectivity index (χ2n) is 4.90. The fraction of sp³-hybridized carbons (Fsp3) is 0.286. The summed E-state index contributed by atoms with van der Waals surface area (Å²) in [4.78, 5) is 27.3. The lowest BCUT2D eigenvalue weighted by Gasteiger charge is -2.12. The molecule has 0 fully saturated rings. The maximum atomic E-state index is 12.1. The van der Waals surface area contributed by atoms with E-state index in [9.17, 15) is 22.8 Å². The van der Waals surface area contributed by atoms with Crippen LogP contribution in [0.5, 0.6) is 0 Å². The Bertz CT molecular complexity index is 719. The average Bonchev–Trinajstić information content (AvgIpc) is 3.08. The van der Waals surface area contributed by atoms with Crippen molar-refractivity contribution in [2.45, 2.75) is 18.5 Å². The second kappa shape index (κ2) is 8.01. The van der Waals surface area contributed by atoms with Crippen molar-refractivity contribution in [3.63, 3.8) is 0 Å². The van der Waals surface area contributed by atoms with E-state index < -0.39 is 35.0 Å². The third-order valence-corrected chi connectivity index (χ3v) is 3.75. The first kappa shape index (κ1) is 18.8. The highest BCUT2D eigenvalue weighted by Gasteiger charge is 2.29. The standard InChI is InChI=1S/C14H14F3N5O2S/c1-9(22-8-18-7-19-22)13(24)21-11-4-2-10(3-5-11)20-12(23)6-25-14(15,16)17/h2-5,7-9H,6H2,1H3,(H,20,23)(H,21,24). The van der Waals surface area contributed by atoms with Crippen molar-refractivity contribution in [3.8, 4) is 0 Å². The summed E-state index contributed by atoms with van der Waals surface area (Å²) in [5, 5.41) is 8.88. The molecule has 0 aliphatic carbocycles. The molecule has 2 rings (SSSR count). The first-order chi connectivity index (χ1) is 11.7. The Balaban J connectivity index is 1.87. The van der Waals surface area contributed by atoms with E-state index in [4.69, 9.17) is 0 Å². The Morgan fingerprint density at radius 1 is 1.20 bits per heavy atom. The second-order valence-corrected chi connectivity index (χ2v) is 5.94. The Morgan fingerprint density at radius 2 is 1.80 bits per heavy atom. The third kappa shape index (κ3) is 6.10. The highest BCUT2D eigenvalue weighted by molar-refractivity contribution is 8.00. The Kier molecular flexibility index (Phi) is 6.02. The van der Waals surface area contributed by atoms with Crippen molar-refractivity contribution in [1.82, 2.24) is 14.8 Å². The highest BCUT2D eigenvalue weighted by atomic mass is 32.2. The van der Waals surface area contributed by atoms with E-state index in [1.54, 1.807) is 6.92 Å². The van der Waals surface area contributed by atoms with Crippen molar-refractivity contribution in [2.75, 3.05) is 16.4 Å². The summed E-state index contributed by atoms with van der Waals surface area (Å²) in [6, 6.07) is 5.44. The van der Waals surface area contributed by atoms with Crippen LogP contribution in [0.1, 0.15) is 13.0 Å². The number of hydrogen-bond acceptors (Lipinski definition) is 5.